The van der Waals surface area contributed by atoms with Crippen molar-refractivity contribution in [1.29, 1.82) is 0 Å². The van der Waals surface area contributed by atoms with Gasteiger partial charge in [-0.05, 0) is 35.0 Å². The summed E-state index contributed by atoms with van der Waals surface area (Å²) in [5.74, 6) is 0.545. The predicted octanol–water partition coefficient (Wildman–Crippen LogP) is 5.94. The zero-order valence-electron chi connectivity index (χ0n) is 17.7. The highest BCUT2D eigenvalue weighted by Crippen LogP contribution is 2.31. The molecule has 5 aromatic rings. The summed E-state index contributed by atoms with van der Waals surface area (Å²) < 4.78 is 7.09. The lowest BCUT2D eigenvalue weighted by Crippen LogP contribution is -2.15. The van der Waals surface area contributed by atoms with Crippen LogP contribution in [0.3, 0.4) is 0 Å². The highest BCUT2D eigenvalue weighted by atomic mass is 35.5. The van der Waals surface area contributed by atoms with Crippen molar-refractivity contribution in [3.63, 3.8) is 0 Å². The van der Waals surface area contributed by atoms with Gasteiger partial charge >= 0.3 is 0 Å². The van der Waals surface area contributed by atoms with Gasteiger partial charge in [-0.25, -0.2) is 9.50 Å². The number of rotatable bonds is 6. The molecule has 6 nitrogen and oxygen atoms in total. The van der Waals surface area contributed by atoms with E-state index in [1.54, 1.807) is 36.0 Å². The van der Waals surface area contributed by atoms with Gasteiger partial charge in [0.25, 0.3) is 0 Å². The molecular weight excluding hydrogens is 456 g/mol. The molecule has 2 aromatic heterocycles. The van der Waals surface area contributed by atoms with E-state index in [0.717, 1.165) is 32.6 Å². The molecule has 0 saturated heterocycles. The number of hydrogen-bond acceptors (Lipinski definition) is 5. The number of amides is 1. The molecule has 164 valence electrons. The van der Waals surface area contributed by atoms with Crippen molar-refractivity contribution >= 4 is 51.2 Å². The van der Waals surface area contributed by atoms with Crippen molar-refractivity contribution < 1.29 is 9.53 Å². The molecule has 33 heavy (non-hydrogen) atoms. The number of methoxy groups -OCH3 is 1. The number of ether oxygens (including phenoxy) is 1. The maximum Gasteiger partial charge on any atom is 0.234 e. The maximum atomic E-state index is 12.6. The van der Waals surface area contributed by atoms with Gasteiger partial charge in [-0.15, -0.1) is 0 Å². The SMILES string of the molecule is COc1ccc(Cl)cc1NC(=O)CSc1nccn2nc(-c3cccc4ccccc34)cc12. The quantitative estimate of drug-likeness (QED) is 0.308. The summed E-state index contributed by atoms with van der Waals surface area (Å²) in [6.07, 6.45) is 3.50. The van der Waals surface area contributed by atoms with Crippen LogP contribution < -0.4 is 10.1 Å². The smallest absolute Gasteiger partial charge is 0.234 e. The number of thioether (sulfide) groups is 1. The van der Waals surface area contributed by atoms with E-state index in [0.29, 0.717) is 16.5 Å². The zero-order valence-corrected chi connectivity index (χ0v) is 19.2. The van der Waals surface area contributed by atoms with Crippen LogP contribution in [-0.2, 0) is 4.79 Å². The number of carbonyl (C=O) groups excluding carboxylic acids is 1. The molecule has 0 spiro atoms. The fourth-order valence-electron chi connectivity index (χ4n) is 3.69. The van der Waals surface area contributed by atoms with E-state index in [1.165, 1.54) is 11.8 Å². The van der Waals surface area contributed by atoms with Crippen LogP contribution in [0, 0.1) is 0 Å². The second-order valence-corrected chi connectivity index (χ2v) is 8.70. The van der Waals surface area contributed by atoms with Crippen molar-refractivity contribution in [2.75, 3.05) is 18.2 Å². The molecular formula is C25H19ClN4O2S. The molecule has 0 radical (unpaired) electrons. The van der Waals surface area contributed by atoms with Gasteiger partial charge in [0.05, 0.1) is 29.8 Å². The third-order valence-corrected chi connectivity index (χ3v) is 6.43. The Morgan fingerprint density at radius 3 is 2.85 bits per heavy atom. The van der Waals surface area contributed by atoms with E-state index in [4.69, 9.17) is 21.4 Å². The van der Waals surface area contributed by atoms with Crippen molar-refractivity contribution in [2.45, 2.75) is 5.03 Å². The summed E-state index contributed by atoms with van der Waals surface area (Å²) in [6, 6.07) is 21.5. The van der Waals surface area contributed by atoms with E-state index in [1.807, 2.05) is 30.5 Å². The van der Waals surface area contributed by atoms with E-state index in [2.05, 4.69) is 34.6 Å². The zero-order chi connectivity index (χ0) is 22.8. The van der Waals surface area contributed by atoms with Gasteiger partial charge in [0.2, 0.25) is 5.91 Å². The van der Waals surface area contributed by atoms with Crippen molar-refractivity contribution in [3.8, 4) is 17.0 Å². The van der Waals surface area contributed by atoms with Crippen LogP contribution in [0.4, 0.5) is 5.69 Å². The first-order chi connectivity index (χ1) is 16.1. The Labute approximate surface area is 199 Å². The minimum Gasteiger partial charge on any atom is -0.495 e. The number of nitrogens with one attached hydrogen (secondary N) is 1. The maximum absolute atomic E-state index is 12.6. The van der Waals surface area contributed by atoms with Crippen LogP contribution in [-0.4, -0.2) is 33.4 Å². The number of halogens is 1. The van der Waals surface area contributed by atoms with Crippen LogP contribution in [0.2, 0.25) is 5.02 Å². The molecule has 0 bridgehead atoms. The second-order valence-electron chi connectivity index (χ2n) is 7.30. The summed E-state index contributed by atoms with van der Waals surface area (Å²) in [7, 11) is 1.55. The summed E-state index contributed by atoms with van der Waals surface area (Å²) in [5.41, 5.74) is 3.29. The topological polar surface area (TPSA) is 68.5 Å². The lowest BCUT2D eigenvalue weighted by atomic mass is 10.0. The summed E-state index contributed by atoms with van der Waals surface area (Å²) in [5, 5.41) is 11.1. The average molecular weight is 475 g/mol. The minimum atomic E-state index is -0.182. The van der Waals surface area contributed by atoms with Gasteiger partial charge in [-0.2, -0.15) is 5.10 Å². The molecule has 0 atom stereocenters. The molecule has 0 aliphatic carbocycles. The van der Waals surface area contributed by atoms with Gasteiger partial charge in [0.15, 0.2) is 0 Å². The number of fused-ring (bicyclic) bond motifs is 2. The van der Waals surface area contributed by atoms with Crippen molar-refractivity contribution in [2.24, 2.45) is 0 Å². The van der Waals surface area contributed by atoms with Gasteiger partial charge in [0, 0.05) is 23.0 Å². The van der Waals surface area contributed by atoms with Gasteiger partial charge in [-0.3, -0.25) is 4.79 Å². The summed E-state index contributed by atoms with van der Waals surface area (Å²) in [4.78, 5) is 17.1. The molecule has 1 N–H and O–H groups in total. The molecule has 3 aromatic carbocycles. The number of nitrogens with zero attached hydrogens (tertiary/aromatic N) is 3. The molecule has 0 aliphatic rings. The Balaban J connectivity index is 1.39. The molecule has 5 rings (SSSR count). The largest absolute Gasteiger partial charge is 0.495 e. The first-order valence-corrected chi connectivity index (χ1v) is 11.6. The van der Waals surface area contributed by atoms with E-state index >= 15 is 0 Å². The number of benzene rings is 3. The fourth-order valence-corrected chi connectivity index (χ4v) is 4.64. The van der Waals surface area contributed by atoms with Crippen LogP contribution in [0.1, 0.15) is 0 Å². The van der Waals surface area contributed by atoms with E-state index in [9.17, 15) is 4.79 Å². The van der Waals surface area contributed by atoms with Gasteiger partial charge < -0.3 is 10.1 Å². The normalized spacial score (nSPS) is 11.1. The molecule has 0 unspecified atom stereocenters. The molecule has 0 aliphatic heterocycles. The number of anilines is 1. The van der Waals surface area contributed by atoms with Gasteiger partial charge in [0.1, 0.15) is 10.8 Å². The average Bonchev–Trinajstić information content (AvgIpc) is 3.27. The molecule has 8 heteroatoms. The molecule has 1 amide bonds. The Kier molecular flexibility index (Phi) is 5.90. The second kappa shape index (κ2) is 9.13. The van der Waals surface area contributed by atoms with E-state index < -0.39 is 0 Å². The monoisotopic (exact) mass is 474 g/mol. The first kappa shape index (κ1) is 21.3. The predicted molar refractivity (Wildman–Crippen MR) is 133 cm³/mol. The standard InChI is InChI=1S/C25H19ClN4O2S/c1-32-23-10-9-17(26)13-21(23)28-24(31)15-33-25-22-14-20(29-30(22)12-11-27-25)19-8-4-6-16-5-2-3-7-18(16)19/h2-14H,15H2,1H3,(H,28,31). The van der Waals surface area contributed by atoms with E-state index in [-0.39, 0.29) is 11.7 Å². The summed E-state index contributed by atoms with van der Waals surface area (Å²) in [6.45, 7) is 0. The minimum absolute atomic E-state index is 0.178. The first-order valence-electron chi connectivity index (χ1n) is 10.2. The summed E-state index contributed by atoms with van der Waals surface area (Å²) >= 11 is 7.40. The lowest BCUT2D eigenvalue weighted by molar-refractivity contribution is -0.113. The molecule has 0 fully saturated rings. The Bertz CT molecular complexity index is 1480. The Morgan fingerprint density at radius 2 is 1.97 bits per heavy atom. The number of carbonyl (C=O) groups is 1. The van der Waals surface area contributed by atoms with Crippen LogP contribution in [0.15, 0.2) is 84.1 Å². The van der Waals surface area contributed by atoms with Crippen LogP contribution in [0.5, 0.6) is 5.75 Å². The molecule has 0 saturated carbocycles. The third-order valence-electron chi connectivity index (χ3n) is 5.20. The highest BCUT2D eigenvalue weighted by Gasteiger charge is 2.14. The van der Waals surface area contributed by atoms with Crippen molar-refractivity contribution in [3.05, 3.63) is 84.1 Å². The number of hydrogen-bond donors (Lipinski definition) is 1. The number of aromatic nitrogens is 3. The lowest BCUT2D eigenvalue weighted by Gasteiger charge is -2.10. The van der Waals surface area contributed by atoms with Crippen molar-refractivity contribution in [1.82, 2.24) is 14.6 Å². The Morgan fingerprint density at radius 1 is 1.12 bits per heavy atom. The van der Waals surface area contributed by atoms with Crippen LogP contribution in [0.25, 0.3) is 27.5 Å². The van der Waals surface area contributed by atoms with Crippen LogP contribution >= 0.6 is 23.4 Å². The highest BCUT2D eigenvalue weighted by molar-refractivity contribution is 8.00. The fraction of sp³-hybridized carbons (Fsp3) is 0.0800. The van der Waals surface area contributed by atoms with Gasteiger partial charge in [-0.1, -0.05) is 65.8 Å². The third kappa shape index (κ3) is 4.37. The molecule has 2 heterocycles. The Hall–Kier alpha value is -3.55.